The monoisotopic (exact) mass is 242 g/mol. The molecular weight excluding hydrogens is 220 g/mol. The molecule has 1 heterocycles. The standard InChI is InChI=1S/C12H22N2OS/c1-5-12(4,15)8-13-6-10-7-14-11(16-10)9(2)3/h7,9,13,15H,5-6,8H2,1-4H3. The molecule has 1 aromatic rings. The molecule has 1 rings (SSSR count). The van der Waals surface area contributed by atoms with Crippen molar-refractivity contribution in [2.45, 2.75) is 52.2 Å². The summed E-state index contributed by atoms with van der Waals surface area (Å²) in [6, 6.07) is 0. The van der Waals surface area contributed by atoms with Crippen LogP contribution in [0, 0.1) is 0 Å². The largest absolute Gasteiger partial charge is 0.389 e. The van der Waals surface area contributed by atoms with Crippen LogP contribution in [0.1, 0.15) is 49.9 Å². The summed E-state index contributed by atoms with van der Waals surface area (Å²) < 4.78 is 0. The lowest BCUT2D eigenvalue weighted by Gasteiger charge is -2.21. The van der Waals surface area contributed by atoms with Gasteiger partial charge in [-0.1, -0.05) is 20.8 Å². The third kappa shape index (κ3) is 4.20. The van der Waals surface area contributed by atoms with Crippen LogP contribution in [0.2, 0.25) is 0 Å². The van der Waals surface area contributed by atoms with E-state index in [1.165, 1.54) is 9.88 Å². The smallest absolute Gasteiger partial charge is 0.0953 e. The maximum absolute atomic E-state index is 9.82. The van der Waals surface area contributed by atoms with Gasteiger partial charge in [0, 0.05) is 30.1 Å². The molecule has 0 fully saturated rings. The van der Waals surface area contributed by atoms with E-state index in [1.54, 1.807) is 11.3 Å². The molecule has 1 aromatic heterocycles. The average molecular weight is 242 g/mol. The van der Waals surface area contributed by atoms with E-state index in [4.69, 9.17) is 0 Å². The van der Waals surface area contributed by atoms with Crippen molar-refractivity contribution in [2.75, 3.05) is 6.54 Å². The Balaban J connectivity index is 2.37. The topological polar surface area (TPSA) is 45.1 Å². The molecule has 0 aliphatic carbocycles. The molecule has 0 aromatic carbocycles. The van der Waals surface area contributed by atoms with E-state index in [9.17, 15) is 5.11 Å². The second kappa shape index (κ2) is 5.75. The van der Waals surface area contributed by atoms with E-state index >= 15 is 0 Å². The zero-order valence-corrected chi connectivity index (χ0v) is 11.4. The van der Waals surface area contributed by atoms with Gasteiger partial charge in [-0.05, 0) is 13.3 Å². The van der Waals surface area contributed by atoms with E-state index in [0.717, 1.165) is 13.0 Å². The van der Waals surface area contributed by atoms with Crippen LogP contribution in [0.5, 0.6) is 0 Å². The highest BCUT2D eigenvalue weighted by Gasteiger charge is 2.16. The maximum atomic E-state index is 9.82. The van der Waals surface area contributed by atoms with Gasteiger partial charge in [-0.25, -0.2) is 4.98 Å². The second-order valence-electron chi connectivity index (χ2n) is 4.77. The summed E-state index contributed by atoms with van der Waals surface area (Å²) in [6.45, 7) is 9.56. The van der Waals surface area contributed by atoms with Crippen molar-refractivity contribution in [1.82, 2.24) is 10.3 Å². The normalized spacial score (nSPS) is 15.4. The van der Waals surface area contributed by atoms with E-state index in [2.05, 4.69) is 24.1 Å². The molecule has 0 spiro atoms. The summed E-state index contributed by atoms with van der Waals surface area (Å²) in [5.41, 5.74) is -0.606. The molecule has 0 radical (unpaired) electrons. The van der Waals surface area contributed by atoms with E-state index < -0.39 is 5.60 Å². The van der Waals surface area contributed by atoms with Gasteiger partial charge in [0.05, 0.1) is 10.6 Å². The molecule has 0 bridgehead atoms. The third-order valence-corrected chi connectivity index (χ3v) is 3.93. The number of nitrogens with zero attached hydrogens (tertiary/aromatic N) is 1. The maximum Gasteiger partial charge on any atom is 0.0953 e. The molecule has 4 heteroatoms. The van der Waals surface area contributed by atoms with Crippen molar-refractivity contribution in [3.63, 3.8) is 0 Å². The van der Waals surface area contributed by atoms with E-state index in [-0.39, 0.29) is 0 Å². The SMILES string of the molecule is CCC(C)(O)CNCc1cnc(C(C)C)s1. The molecule has 1 atom stereocenters. The van der Waals surface area contributed by atoms with Crippen LogP contribution < -0.4 is 5.32 Å². The first-order chi connectivity index (χ1) is 7.44. The fourth-order valence-corrected chi connectivity index (χ4v) is 2.14. The first-order valence-electron chi connectivity index (χ1n) is 5.82. The number of aromatic nitrogens is 1. The Morgan fingerprint density at radius 3 is 2.75 bits per heavy atom. The Morgan fingerprint density at radius 2 is 2.25 bits per heavy atom. The Labute approximate surface area is 102 Å². The number of rotatable bonds is 6. The number of hydrogen-bond donors (Lipinski definition) is 2. The lowest BCUT2D eigenvalue weighted by atomic mass is 10.0. The summed E-state index contributed by atoms with van der Waals surface area (Å²) in [4.78, 5) is 5.60. The molecule has 92 valence electrons. The predicted molar refractivity (Wildman–Crippen MR) is 68.8 cm³/mol. The Morgan fingerprint density at radius 1 is 1.56 bits per heavy atom. The highest BCUT2D eigenvalue weighted by atomic mass is 32.1. The molecule has 2 N–H and O–H groups in total. The molecule has 0 amide bonds. The zero-order valence-electron chi connectivity index (χ0n) is 10.6. The summed E-state index contributed by atoms with van der Waals surface area (Å²) in [7, 11) is 0. The van der Waals surface area contributed by atoms with Gasteiger partial charge in [0.2, 0.25) is 0 Å². The molecule has 16 heavy (non-hydrogen) atoms. The van der Waals surface area contributed by atoms with Crippen molar-refractivity contribution in [3.05, 3.63) is 16.1 Å². The lowest BCUT2D eigenvalue weighted by molar-refractivity contribution is 0.0556. The molecule has 3 nitrogen and oxygen atoms in total. The second-order valence-corrected chi connectivity index (χ2v) is 5.92. The minimum Gasteiger partial charge on any atom is -0.389 e. The molecule has 0 aliphatic heterocycles. The first-order valence-corrected chi connectivity index (χ1v) is 6.64. The van der Waals surface area contributed by atoms with Gasteiger partial charge in [-0.3, -0.25) is 0 Å². The number of aliphatic hydroxyl groups is 1. The molecule has 1 unspecified atom stereocenters. The van der Waals surface area contributed by atoms with E-state index in [1.807, 2.05) is 20.0 Å². The van der Waals surface area contributed by atoms with Gasteiger partial charge in [-0.2, -0.15) is 0 Å². The van der Waals surface area contributed by atoms with Gasteiger partial charge < -0.3 is 10.4 Å². The van der Waals surface area contributed by atoms with Crippen LogP contribution in [-0.2, 0) is 6.54 Å². The van der Waals surface area contributed by atoms with Crippen LogP contribution in [0.3, 0.4) is 0 Å². The summed E-state index contributed by atoms with van der Waals surface area (Å²) >= 11 is 1.74. The Kier molecular flexibility index (Phi) is 4.89. The number of thiazole rings is 1. The summed E-state index contributed by atoms with van der Waals surface area (Å²) in [5.74, 6) is 0.498. The lowest BCUT2D eigenvalue weighted by Crippen LogP contribution is -2.36. The average Bonchev–Trinajstić information content (AvgIpc) is 2.66. The van der Waals surface area contributed by atoms with E-state index in [0.29, 0.717) is 12.5 Å². The summed E-state index contributed by atoms with van der Waals surface area (Å²) in [6.07, 6.45) is 2.69. The van der Waals surface area contributed by atoms with Crippen molar-refractivity contribution in [3.8, 4) is 0 Å². The van der Waals surface area contributed by atoms with Crippen LogP contribution in [-0.4, -0.2) is 22.2 Å². The molecule has 0 aliphatic rings. The van der Waals surface area contributed by atoms with Gasteiger partial charge in [-0.15, -0.1) is 11.3 Å². The van der Waals surface area contributed by atoms with Crippen LogP contribution in [0.25, 0.3) is 0 Å². The fourth-order valence-electron chi connectivity index (χ4n) is 1.25. The van der Waals surface area contributed by atoms with Crippen molar-refractivity contribution in [1.29, 1.82) is 0 Å². The Hall–Kier alpha value is -0.450. The molecule has 0 saturated heterocycles. The Bertz CT molecular complexity index is 321. The van der Waals surface area contributed by atoms with Gasteiger partial charge in [0.15, 0.2) is 0 Å². The predicted octanol–water partition coefficient (Wildman–Crippen LogP) is 2.52. The van der Waals surface area contributed by atoms with Gasteiger partial charge >= 0.3 is 0 Å². The first kappa shape index (κ1) is 13.6. The zero-order chi connectivity index (χ0) is 12.2. The number of hydrogen-bond acceptors (Lipinski definition) is 4. The van der Waals surface area contributed by atoms with Crippen molar-refractivity contribution in [2.24, 2.45) is 0 Å². The highest BCUT2D eigenvalue weighted by molar-refractivity contribution is 7.11. The molecular formula is C12H22N2OS. The van der Waals surface area contributed by atoms with Crippen molar-refractivity contribution >= 4 is 11.3 Å². The van der Waals surface area contributed by atoms with Crippen LogP contribution in [0.15, 0.2) is 6.20 Å². The molecule has 0 saturated carbocycles. The number of nitrogens with one attached hydrogen (secondary N) is 1. The van der Waals surface area contributed by atoms with Gasteiger partial charge in [0.1, 0.15) is 0 Å². The quantitative estimate of drug-likeness (QED) is 0.805. The van der Waals surface area contributed by atoms with Gasteiger partial charge in [0.25, 0.3) is 0 Å². The van der Waals surface area contributed by atoms with Crippen molar-refractivity contribution < 1.29 is 5.11 Å². The minimum absolute atomic E-state index is 0.498. The summed E-state index contributed by atoms with van der Waals surface area (Å²) in [5, 5.41) is 14.3. The highest BCUT2D eigenvalue weighted by Crippen LogP contribution is 2.20. The van der Waals surface area contributed by atoms with Crippen LogP contribution >= 0.6 is 11.3 Å². The minimum atomic E-state index is -0.606. The third-order valence-electron chi connectivity index (χ3n) is 2.63. The van der Waals surface area contributed by atoms with Crippen LogP contribution in [0.4, 0.5) is 0 Å². The fraction of sp³-hybridized carbons (Fsp3) is 0.750.